The van der Waals surface area contributed by atoms with Crippen LogP contribution >= 0.6 is 0 Å². The van der Waals surface area contributed by atoms with Gasteiger partial charge in [-0.1, -0.05) is 79.7 Å². The van der Waals surface area contributed by atoms with E-state index in [9.17, 15) is 0 Å². The average Bonchev–Trinajstić information content (AvgIpc) is 2.64. The van der Waals surface area contributed by atoms with Gasteiger partial charge < -0.3 is 0 Å². The molecule has 0 heteroatoms. The lowest BCUT2D eigenvalue weighted by molar-refractivity contribution is 0.850. The Balaban J connectivity index is 1.73. The van der Waals surface area contributed by atoms with E-state index in [1.165, 1.54) is 33.4 Å². The SMILES string of the molecule is C[C@H](c1ccccc1)c1cc2ccc1CCc1ccc(cc1)CC2. The number of hydrogen-bond acceptors (Lipinski definition) is 0. The highest BCUT2D eigenvalue weighted by atomic mass is 14.2. The minimum absolute atomic E-state index is 0.449. The molecule has 4 bridgehead atoms. The third kappa shape index (κ3) is 3.14. The molecule has 1 atom stereocenters. The van der Waals surface area contributed by atoms with Gasteiger partial charge >= 0.3 is 0 Å². The molecule has 3 aromatic rings. The van der Waals surface area contributed by atoms with Crippen molar-refractivity contribution < 1.29 is 0 Å². The second kappa shape index (κ2) is 6.65. The minimum atomic E-state index is 0.449. The maximum atomic E-state index is 2.46. The van der Waals surface area contributed by atoms with E-state index in [4.69, 9.17) is 0 Å². The van der Waals surface area contributed by atoms with Crippen LogP contribution in [0.4, 0.5) is 0 Å². The highest BCUT2D eigenvalue weighted by molar-refractivity contribution is 5.41. The minimum Gasteiger partial charge on any atom is -0.0622 e. The van der Waals surface area contributed by atoms with Gasteiger partial charge in [-0.3, -0.25) is 0 Å². The summed E-state index contributed by atoms with van der Waals surface area (Å²) in [6, 6.07) is 27.3. The summed E-state index contributed by atoms with van der Waals surface area (Å²) in [5.41, 5.74) is 8.77. The zero-order valence-electron chi connectivity index (χ0n) is 14.3. The molecule has 0 saturated heterocycles. The van der Waals surface area contributed by atoms with Gasteiger partial charge in [0.25, 0.3) is 0 Å². The van der Waals surface area contributed by atoms with Gasteiger partial charge in [-0.15, -0.1) is 0 Å². The Labute approximate surface area is 145 Å². The van der Waals surface area contributed by atoms with Crippen molar-refractivity contribution in [2.45, 2.75) is 38.5 Å². The number of aryl methyl sites for hydroxylation is 4. The fourth-order valence-electron chi connectivity index (χ4n) is 3.79. The number of benzene rings is 3. The van der Waals surface area contributed by atoms with Crippen molar-refractivity contribution in [1.29, 1.82) is 0 Å². The second-order valence-corrected chi connectivity index (χ2v) is 6.98. The standard InChI is InChI=1S/C24H24/c1-18(22-5-3-2-4-6-22)24-17-21-12-11-19-7-9-20(10-8-19)13-15-23(24)16-14-21/h2-10,14,16-18H,11-13,15H2,1H3/t18-/m1/s1. The fourth-order valence-corrected chi connectivity index (χ4v) is 3.79. The maximum Gasteiger partial charge on any atom is 0.00638 e. The van der Waals surface area contributed by atoms with Crippen molar-refractivity contribution in [2.24, 2.45) is 0 Å². The predicted molar refractivity (Wildman–Crippen MR) is 102 cm³/mol. The van der Waals surface area contributed by atoms with E-state index in [1.807, 2.05) is 0 Å². The molecule has 3 aromatic carbocycles. The first kappa shape index (κ1) is 15.2. The van der Waals surface area contributed by atoms with Crippen LogP contribution in [0.15, 0.2) is 72.8 Å². The predicted octanol–water partition coefficient (Wildman–Crippen LogP) is 5.72. The van der Waals surface area contributed by atoms with E-state index in [0.29, 0.717) is 5.92 Å². The van der Waals surface area contributed by atoms with E-state index in [1.54, 1.807) is 0 Å². The molecule has 0 unspecified atom stereocenters. The maximum absolute atomic E-state index is 2.46. The van der Waals surface area contributed by atoms with Gasteiger partial charge in [0.2, 0.25) is 0 Å². The van der Waals surface area contributed by atoms with E-state index in [2.05, 4.69) is 79.7 Å². The molecule has 0 fully saturated rings. The average molecular weight is 312 g/mol. The molecular weight excluding hydrogens is 288 g/mol. The van der Waals surface area contributed by atoms with Gasteiger partial charge in [-0.25, -0.2) is 0 Å². The Hall–Kier alpha value is -2.34. The summed E-state index contributed by atoms with van der Waals surface area (Å²) in [5.74, 6) is 0.449. The van der Waals surface area contributed by atoms with Crippen molar-refractivity contribution in [2.75, 3.05) is 0 Å². The van der Waals surface area contributed by atoms with Crippen LogP contribution in [0.2, 0.25) is 0 Å². The molecule has 0 radical (unpaired) electrons. The largest absolute Gasteiger partial charge is 0.0622 e. The van der Waals surface area contributed by atoms with E-state index in [-0.39, 0.29) is 0 Å². The molecule has 0 nitrogen and oxygen atoms in total. The number of hydrogen-bond donors (Lipinski definition) is 0. The second-order valence-electron chi connectivity index (χ2n) is 6.98. The molecule has 0 amide bonds. The molecule has 4 aliphatic rings. The van der Waals surface area contributed by atoms with Crippen molar-refractivity contribution in [3.63, 3.8) is 0 Å². The molecule has 0 aliphatic heterocycles. The Morgan fingerprint density at radius 3 is 1.92 bits per heavy atom. The molecular formula is C24H24. The summed E-state index contributed by atoms with van der Waals surface area (Å²) < 4.78 is 0. The quantitative estimate of drug-likeness (QED) is 0.567. The Kier molecular flexibility index (Phi) is 4.21. The van der Waals surface area contributed by atoms with Gasteiger partial charge in [0, 0.05) is 5.92 Å². The van der Waals surface area contributed by atoms with E-state index in [0.717, 1.165) is 25.7 Å². The van der Waals surface area contributed by atoms with E-state index >= 15 is 0 Å². The zero-order valence-corrected chi connectivity index (χ0v) is 14.3. The summed E-state index contributed by atoms with van der Waals surface area (Å²) in [6.45, 7) is 2.34. The lowest BCUT2D eigenvalue weighted by atomic mass is 9.85. The van der Waals surface area contributed by atoms with Crippen LogP contribution in [0.5, 0.6) is 0 Å². The molecule has 7 rings (SSSR count). The van der Waals surface area contributed by atoms with Crippen LogP contribution in [0, 0.1) is 0 Å². The monoisotopic (exact) mass is 312 g/mol. The normalized spacial score (nSPS) is 14.9. The highest BCUT2D eigenvalue weighted by Crippen LogP contribution is 2.29. The van der Waals surface area contributed by atoms with Crippen LogP contribution < -0.4 is 0 Å². The van der Waals surface area contributed by atoms with Gasteiger partial charge in [-0.2, -0.15) is 0 Å². The summed E-state index contributed by atoms with van der Waals surface area (Å²) in [6.07, 6.45) is 4.48. The van der Waals surface area contributed by atoms with Gasteiger partial charge in [0.05, 0.1) is 0 Å². The van der Waals surface area contributed by atoms with E-state index < -0.39 is 0 Å². The molecule has 4 aliphatic carbocycles. The Morgan fingerprint density at radius 1 is 0.625 bits per heavy atom. The summed E-state index contributed by atoms with van der Waals surface area (Å²) in [7, 11) is 0. The Bertz CT molecular complexity index is 812. The van der Waals surface area contributed by atoms with Crippen LogP contribution in [-0.2, 0) is 25.7 Å². The highest BCUT2D eigenvalue weighted by Gasteiger charge is 2.14. The van der Waals surface area contributed by atoms with Gasteiger partial charge in [0.15, 0.2) is 0 Å². The smallest absolute Gasteiger partial charge is 0.00638 e. The summed E-state index contributed by atoms with van der Waals surface area (Å²) in [5, 5.41) is 0. The molecule has 120 valence electrons. The lowest BCUT2D eigenvalue weighted by Crippen LogP contribution is -2.05. The molecule has 0 saturated carbocycles. The molecule has 0 spiro atoms. The zero-order chi connectivity index (χ0) is 16.4. The third-order valence-electron chi connectivity index (χ3n) is 5.38. The third-order valence-corrected chi connectivity index (χ3v) is 5.38. The van der Waals surface area contributed by atoms with Crippen molar-refractivity contribution >= 4 is 0 Å². The first-order valence-electron chi connectivity index (χ1n) is 9.04. The summed E-state index contributed by atoms with van der Waals surface area (Å²) >= 11 is 0. The Morgan fingerprint density at radius 2 is 1.21 bits per heavy atom. The summed E-state index contributed by atoms with van der Waals surface area (Å²) in [4.78, 5) is 0. The van der Waals surface area contributed by atoms with Crippen LogP contribution in [0.25, 0.3) is 0 Å². The van der Waals surface area contributed by atoms with Crippen LogP contribution in [0.1, 0.15) is 46.2 Å². The van der Waals surface area contributed by atoms with Crippen molar-refractivity contribution in [1.82, 2.24) is 0 Å². The fraction of sp³-hybridized carbons (Fsp3) is 0.250. The van der Waals surface area contributed by atoms with Gasteiger partial charge in [-0.05, 0) is 59.1 Å². The first-order valence-corrected chi connectivity index (χ1v) is 9.04. The van der Waals surface area contributed by atoms with Crippen LogP contribution in [-0.4, -0.2) is 0 Å². The van der Waals surface area contributed by atoms with Crippen LogP contribution in [0.3, 0.4) is 0 Å². The number of rotatable bonds is 2. The lowest BCUT2D eigenvalue weighted by Gasteiger charge is -2.20. The van der Waals surface area contributed by atoms with Crippen molar-refractivity contribution in [3.05, 3.63) is 106 Å². The molecule has 24 heavy (non-hydrogen) atoms. The molecule has 0 heterocycles. The first-order chi connectivity index (χ1) is 11.8. The van der Waals surface area contributed by atoms with Gasteiger partial charge in [0.1, 0.15) is 0 Å². The van der Waals surface area contributed by atoms with Crippen molar-refractivity contribution in [3.8, 4) is 0 Å². The topological polar surface area (TPSA) is 0 Å². The molecule has 0 aromatic heterocycles. The molecule has 0 N–H and O–H groups in total.